The predicted octanol–water partition coefficient (Wildman–Crippen LogP) is 1.75. The van der Waals surface area contributed by atoms with Crippen molar-refractivity contribution in [2.24, 2.45) is 0 Å². The van der Waals surface area contributed by atoms with Crippen molar-refractivity contribution in [1.82, 2.24) is 9.97 Å². The van der Waals surface area contributed by atoms with Gasteiger partial charge in [-0.25, -0.2) is 9.97 Å². The molecule has 1 heterocycles. The minimum absolute atomic E-state index is 0.518. The third-order valence-corrected chi connectivity index (χ3v) is 2.26. The number of aromatic nitrogens is 2. The SMILES string of the molecule is Cc1nc(Br)cnc1N(C)CC(C)(C)O. The first kappa shape index (κ1) is 12.4. The molecule has 0 amide bonds. The molecule has 1 aromatic heterocycles. The Hall–Kier alpha value is -0.680. The predicted molar refractivity (Wildman–Crippen MR) is 64.0 cm³/mol. The van der Waals surface area contributed by atoms with Crippen LogP contribution in [0.4, 0.5) is 5.82 Å². The van der Waals surface area contributed by atoms with Gasteiger partial charge in [-0.05, 0) is 36.7 Å². The van der Waals surface area contributed by atoms with Crippen LogP contribution in [0, 0.1) is 6.92 Å². The van der Waals surface area contributed by atoms with Crippen molar-refractivity contribution in [3.8, 4) is 0 Å². The topological polar surface area (TPSA) is 49.2 Å². The number of likely N-dealkylation sites (N-methyl/N-ethyl adjacent to an activating group) is 1. The Balaban J connectivity index is 2.87. The highest BCUT2D eigenvalue weighted by atomic mass is 79.9. The zero-order valence-electron chi connectivity index (χ0n) is 9.45. The van der Waals surface area contributed by atoms with Gasteiger partial charge >= 0.3 is 0 Å². The van der Waals surface area contributed by atoms with E-state index in [1.165, 1.54) is 0 Å². The smallest absolute Gasteiger partial charge is 0.149 e. The van der Waals surface area contributed by atoms with Crippen LogP contribution >= 0.6 is 15.9 Å². The number of anilines is 1. The van der Waals surface area contributed by atoms with Gasteiger partial charge in [-0.1, -0.05) is 0 Å². The maximum atomic E-state index is 9.70. The number of hydrogen-bond donors (Lipinski definition) is 1. The molecular formula is C10H16BrN3O. The first-order valence-corrected chi connectivity index (χ1v) is 5.51. The molecule has 0 fully saturated rings. The van der Waals surface area contributed by atoms with Crippen molar-refractivity contribution < 1.29 is 5.11 Å². The first-order chi connectivity index (χ1) is 6.79. The van der Waals surface area contributed by atoms with Gasteiger partial charge in [-0.2, -0.15) is 0 Å². The molecule has 0 aliphatic carbocycles. The van der Waals surface area contributed by atoms with E-state index in [4.69, 9.17) is 0 Å². The van der Waals surface area contributed by atoms with Gasteiger partial charge < -0.3 is 10.0 Å². The fourth-order valence-electron chi connectivity index (χ4n) is 1.48. The highest BCUT2D eigenvalue weighted by molar-refractivity contribution is 9.10. The second-order valence-corrected chi connectivity index (χ2v) is 5.08. The van der Waals surface area contributed by atoms with Gasteiger partial charge in [-0.3, -0.25) is 0 Å². The second kappa shape index (κ2) is 4.45. The zero-order valence-corrected chi connectivity index (χ0v) is 11.0. The average Bonchev–Trinajstić information content (AvgIpc) is 1.99. The summed E-state index contributed by atoms with van der Waals surface area (Å²) in [6, 6.07) is 0. The molecule has 84 valence electrons. The quantitative estimate of drug-likeness (QED) is 0.912. The van der Waals surface area contributed by atoms with Crippen molar-refractivity contribution in [3.63, 3.8) is 0 Å². The number of halogens is 1. The molecule has 0 bridgehead atoms. The van der Waals surface area contributed by atoms with Gasteiger partial charge in [0.2, 0.25) is 0 Å². The summed E-state index contributed by atoms with van der Waals surface area (Å²) in [6.45, 7) is 5.95. The van der Waals surface area contributed by atoms with Gasteiger partial charge in [0.25, 0.3) is 0 Å². The molecule has 0 atom stereocenters. The van der Waals surface area contributed by atoms with E-state index in [-0.39, 0.29) is 0 Å². The van der Waals surface area contributed by atoms with Crippen LogP contribution in [0.2, 0.25) is 0 Å². The van der Waals surface area contributed by atoms with E-state index in [1.54, 1.807) is 20.0 Å². The van der Waals surface area contributed by atoms with E-state index in [0.717, 1.165) is 16.1 Å². The van der Waals surface area contributed by atoms with Crippen LogP contribution in [0.5, 0.6) is 0 Å². The molecule has 0 saturated carbocycles. The Morgan fingerprint density at radius 3 is 2.60 bits per heavy atom. The lowest BCUT2D eigenvalue weighted by atomic mass is 10.1. The lowest BCUT2D eigenvalue weighted by Gasteiger charge is -2.26. The van der Waals surface area contributed by atoms with E-state index < -0.39 is 5.60 Å². The lowest BCUT2D eigenvalue weighted by molar-refractivity contribution is 0.0884. The molecule has 1 aromatic rings. The molecule has 1 rings (SSSR count). The average molecular weight is 274 g/mol. The van der Waals surface area contributed by atoms with Crippen LogP contribution in [0.3, 0.4) is 0 Å². The normalized spacial score (nSPS) is 11.6. The van der Waals surface area contributed by atoms with Crippen molar-refractivity contribution in [3.05, 3.63) is 16.5 Å². The number of rotatable bonds is 3. The van der Waals surface area contributed by atoms with Gasteiger partial charge in [0.1, 0.15) is 10.4 Å². The Kier molecular flexibility index (Phi) is 3.67. The Morgan fingerprint density at radius 1 is 1.53 bits per heavy atom. The lowest BCUT2D eigenvalue weighted by Crippen LogP contribution is -2.37. The molecular weight excluding hydrogens is 258 g/mol. The van der Waals surface area contributed by atoms with Crippen LogP contribution in [0.1, 0.15) is 19.5 Å². The molecule has 0 radical (unpaired) electrons. The van der Waals surface area contributed by atoms with Crippen molar-refractivity contribution in [2.45, 2.75) is 26.4 Å². The zero-order chi connectivity index (χ0) is 11.6. The minimum atomic E-state index is -0.740. The minimum Gasteiger partial charge on any atom is -0.389 e. The standard InChI is InChI=1S/C10H16BrN3O/c1-7-9(12-5-8(11)13-7)14(4)6-10(2,3)15/h5,15H,6H2,1-4H3. The molecule has 1 N–H and O–H groups in total. The highest BCUT2D eigenvalue weighted by Crippen LogP contribution is 2.17. The van der Waals surface area contributed by atoms with E-state index in [9.17, 15) is 5.11 Å². The Bertz CT molecular complexity index is 349. The summed E-state index contributed by atoms with van der Waals surface area (Å²) in [5, 5.41) is 9.70. The molecule has 0 unspecified atom stereocenters. The van der Waals surface area contributed by atoms with Gasteiger partial charge in [0.05, 0.1) is 17.5 Å². The second-order valence-electron chi connectivity index (χ2n) is 4.27. The molecule has 0 saturated heterocycles. The van der Waals surface area contributed by atoms with E-state index in [1.807, 2.05) is 18.9 Å². The van der Waals surface area contributed by atoms with Gasteiger partial charge in [-0.15, -0.1) is 0 Å². The van der Waals surface area contributed by atoms with E-state index in [2.05, 4.69) is 25.9 Å². The summed E-state index contributed by atoms with van der Waals surface area (Å²) in [4.78, 5) is 10.4. The third-order valence-electron chi connectivity index (χ3n) is 1.88. The molecule has 0 aromatic carbocycles. The van der Waals surface area contributed by atoms with Crippen LogP contribution in [-0.2, 0) is 0 Å². The number of nitrogens with zero attached hydrogens (tertiary/aromatic N) is 3. The molecule has 0 spiro atoms. The number of hydrogen-bond acceptors (Lipinski definition) is 4. The third kappa shape index (κ3) is 3.76. The van der Waals surface area contributed by atoms with Crippen molar-refractivity contribution in [2.75, 3.05) is 18.5 Å². The van der Waals surface area contributed by atoms with Crippen LogP contribution in [0.25, 0.3) is 0 Å². The highest BCUT2D eigenvalue weighted by Gasteiger charge is 2.18. The Morgan fingerprint density at radius 2 is 2.13 bits per heavy atom. The van der Waals surface area contributed by atoms with E-state index >= 15 is 0 Å². The summed E-state index contributed by atoms with van der Waals surface area (Å²) in [6.07, 6.45) is 1.66. The molecule has 0 aliphatic heterocycles. The fraction of sp³-hybridized carbons (Fsp3) is 0.600. The van der Waals surface area contributed by atoms with Gasteiger partial charge in [0.15, 0.2) is 0 Å². The number of aryl methyl sites for hydroxylation is 1. The van der Waals surface area contributed by atoms with E-state index in [0.29, 0.717) is 6.54 Å². The van der Waals surface area contributed by atoms with Crippen LogP contribution < -0.4 is 4.90 Å². The van der Waals surface area contributed by atoms with Gasteiger partial charge in [0, 0.05) is 13.6 Å². The first-order valence-electron chi connectivity index (χ1n) is 4.72. The number of aliphatic hydroxyl groups is 1. The monoisotopic (exact) mass is 273 g/mol. The van der Waals surface area contributed by atoms with Crippen molar-refractivity contribution in [1.29, 1.82) is 0 Å². The summed E-state index contributed by atoms with van der Waals surface area (Å²) in [5.41, 5.74) is 0.103. The summed E-state index contributed by atoms with van der Waals surface area (Å²) in [7, 11) is 1.89. The van der Waals surface area contributed by atoms with Crippen LogP contribution in [-0.4, -0.2) is 34.3 Å². The molecule has 4 nitrogen and oxygen atoms in total. The molecule has 15 heavy (non-hydrogen) atoms. The largest absolute Gasteiger partial charge is 0.389 e. The summed E-state index contributed by atoms with van der Waals surface area (Å²) < 4.78 is 0.723. The summed E-state index contributed by atoms with van der Waals surface area (Å²) in [5.74, 6) is 0.792. The maximum absolute atomic E-state index is 9.70. The molecule has 0 aliphatic rings. The summed E-state index contributed by atoms with van der Waals surface area (Å²) >= 11 is 3.27. The maximum Gasteiger partial charge on any atom is 0.149 e. The van der Waals surface area contributed by atoms with Crippen molar-refractivity contribution >= 4 is 21.7 Å². The van der Waals surface area contributed by atoms with Crippen LogP contribution in [0.15, 0.2) is 10.8 Å². The fourth-order valence-corrected chi connectivity index (χ4v) is 1.85. The molecule has 5 heteroatoms. The Labute approximate surface area is 98.5 Å².